The van der Waals surface area contributed by atoms with Crippen molar-refractivity contribution in [1.82, 2.24) is 9.88 Å². The van der Waals surface area contributed by atoms with Gasteiger partial charge >= 0.3 is 0 Å². The molecule has 0 radical (unpaired) electrons. The van der Waals surface area contributed by atoms with Gasteiger partial charge in [-0.15, -0.1) is 0 Å². The SMILES string of the molecule is COc1c(C)cnc(CN(C)C(=O)[C@H]2CC(c3cccc(F)c3)=NO2)c1C. The summed E-state index contributed by atoms with van der Waals surface area (Å²) in [6.45, 7) is 4.18. The van der Waals surface area contributed by atoms with E-state index in [1.54, 1.807) is 37.4 Å². The number of methoxy groups -OCH3 is 1. The van der Waals surface area contributed by atoms with Gasteiger partial charge in [0.05, 0.1) is 25.1 Å². The quantitative estimate of drug-likeness (QED) is 0.811. The molecular weight excluding hydrogens is 349 g/mol. The van der Waals surface area contributed by atoms with Crippen LogP contribution in [0.3, 0.4) is 0 Å². The Bertz CT molecular complexity index is 898. The smallest absolute Gasteiger partial charge is 0.267 e. The molecule has 0 unspecified atom stereocenters. The first kappa shape index (κ1) is 18.8. The summed E-state index contributed by atoms with van der Waals surface area (Å²) >= 11 is 0. The average molecular weight is 371 g/mol. The highest BCUT2D eigenvalue weighted by molar-refractivity contribution is 6.04. The van der Waals surface area contributed by atoms with Gasteiger partial charge in [0.15, 0.2) is 0 Å². The maximum Gasteiger partial charge on any atom is 0.267 e. The number of rotatable bonds is 5. The number of likely N-dealkylation sites (N-methyl/N-ethyl adjacent to an activating group) is 1. The maximum atomic E-state index is 13.4. The van der Waals surface area contributed by atoms with E-state index < -0.39 is 6.10 Å². The van der Waals surface area contributed by atoms with Crippen LogP contribution in [0.4, 0.5) is 4.39 Å². The van der Waals surface area contributed by atoms with Crippen molar-refractivity contribution in [2.24, 2.45) is 5.16 Å². The van der Waals surface area contributed by atoms with Crippen molar-refractivity contribution < 1.29 is 18.8 Å². The summed E-state index contributed by atoms with van der Waals surface area (Å²) < 4.78 is 18.8. The number of oxime groups is 1. The lowest BCUT2D eigenvalue weighted by Gasteiger charge is -2.21. The lowest BCUT2D eigenvalue weighted by Crippen LogP contribution is -2.36. The molecule has 1 aliphatic rings. The molecule has 1 aromatic carbocycles. The van der Waals surface area contributed by atoms with Gasteiger partial charge in [-0.05, 0) is 26.0 Å². The highest BCUT2D eigenvalue weighted by Gasteiger charge is 2.31. The molecule has 27 heavy (non-hydrogen) atoms. The number of hydrogen-bond donors (Lipinski definition) is 0. The largest absolute Gasteiger partial charge is 0.496 e. The average Bonchev–Trinajstić information content (AvgIpc) is 3.14. The van der Waals surface area contributed by atoms with E-state index in [4.69, 9.17) is 9.57 Å². The van der Waals surface area contributed by atoms with Crippen molar-refractivity contribution in [2.45, 2.75) is 32.9 Å². The molecule has 6 nitrogen and oxygen atoms in total. The van der Waals surface area contributed by atoms with Crippen LogP contribution >= 0.6 is 0 Å². The Morgan fingerprint density at radius 3 is 2.89 bits per heavy atom. The van der Waals surface area contributed by atoms with Crippen molar-refractivity contribution in [2.75, 3.05) is 14.2 Å². The van der Waals surface area contributed by atoms with Crippen molar-refractivity contribution in [3.63, 3.8) is 0 Å². The highest BCUT2D eigenvalue weighted by Crippen LogP contribution is 2.25. The lowest BCUT2D eigenvalue weighted by atomic mass is 10.0. The van der Waals surface area contributed by atoms with Crippen LogP contribution in [0.2, 0.25) is 0 Å². The standard InChI is InChI=1S/C20H22FN3O3/c1-12-10-22-17(13(2)19(12)26-4)11-24(3)20(25)18-9-16(23-27-18)14-6-5-7-15(21)8-14/h5-8,10,18H,9,11H2,1-4H3/t18-/m1/s1. The molecule has 0 aliphatic carbocycles. The number of pyridine rings is 1. The zero-order chi connectivity index (χ0) is 19.6. The molecule has 0 bridgehead atoms. The van der Waals surface area contributed by atoms with Gasteiger partial charge in [0.2, 0.25) is 6.10 Å². The number of carbonyl (C=O) groups is 1. The monoisotopic (exact) mass is 371 g/mol. The minimum Gasteiger partial charge on any atom is -0.496 e. The number of aryl methyl sites for hydroxylation is 1. The second kappa shape index (κ2) is 7.73. The van der Waals surface area contributed by atoms with Crippen molar-refractivity contribution >= 4 is 11.6 Å². The summed E-state index contributed by atoms with van der Waals surface area (Å²) in [6.07, 6.45) is 1.31. The van der Waals surface area contributed by atoms with Crippen LogP contribution in [0, 0.1) is 19.7 Å². The molecule has 1 aliphatic heterocycles. The maximum absolute atomic E-state index is 13.4. The second-order valence-electron chi connectivity index (χ2n) is 6.59. The van der Waals surface area contributed by atoms with E-state index in [1.165, 1.54) is 12.1 Å². The molecule has 7 heteroatoms. The number of ether oxygens (including phenoxy) is 1. The van der Waals surface area contributed by atoms with E-state index in [2.05, 4.69) is 10.1 Å². The third-order valence-electron chi connectivity index (χ3n) is 4.62. The van der Waals surface area contributed by atoms with Crippen molar-refractivity contribution in [3.05, 3.63) is 58.7 Å². The van der Waals surface area contributed by atoms with Crippen LogP contribution in [0.25, 0.3) is 0 Å². The Hall–Kier alpha value is -2.96. The van der Waals surface area contributed by atoms with Gasteiger partial charge in [-0.3, -0.25) is 9.78 Å². The Balaban J connectivity index is 1.67. The summed E-state index contributed by atoms with van der Waals surface area (Å²) in [7, 11) is 3.31. The Labute approximate surface area is 157 Å². The predicted molar refractivity (Wildman–Crippen MR) is 99.2 cm³/mol. The fraction of sp³-hybridized carbons (Fsp3) is 0.350. The Kier molecular flexibility index (Phi) is 5.39. The number of carbonyl (C=O) groups excluding carboxylic acids is 1. The molecule has 0 fully saturated rings. The zero-order valence-corrected chi connectivity index (χ0v) is 15.8. The van der Waals surface area contributed by atoms with Gasteiger partial charge < -0.3 is 14.5 Å². The molecule has 142 valence electrons. The van der Waals surface area contributed by atoms with Crippen LogP contribution in [0.5, 0.6) is 5.75 Å². The molecule has 1 amide bonds. The van der Waals surface area contributed by atoms with Crippen molar-refractivity contribution in [1.29, 1.82) is 0 Å². The third kappa shape index (κ3) is 3.92. The molecule has 2 aromatic rings. The van der Waals surface area contributed by atoms with E-state index in [0.29, 0.717) is 24.2 Å². The van der Waals surface area contributed by atoms with E-state index in [-0.39, 0.29) is 11.7 Å². The van der Waals surface area contributed by atoms with Gasteiger partial charge in [-0.1, -0.05) is 17.3 Å². The van der Waals surface area contributed by atoms with E-state index >= 15 is 0 Å². The second-order valence-corrected chi connectivity index (χ2v) is 6.59. The van der Waals surface area contributed by atoms with Crippen molar-refractivity contribution in [3.8, 4) is 5.75 Å². The molecule has 0 saturated heterocycles. The van der Waals surface area contributed by atoms with Gasteiger partial charge in [0.25, 0.3) is 5.91 Å². The number of aromatic nitrogens is 1. The summed E-state index contributed by atoms with van der Waals surface area (Å²) in [5.74, 6) is 0.220. The molecule has 2 heterocycles. The predicted octanol–water partition coefficient (Wildman–Crippen LogP) is 3.00. The third-order valence-corrected chi connectivity index (χ3v) is 4.62. The summed E-state index contributed by atoms with van der Waals surface area (Å²) in [4.78, 5) is 24.0. The minimum absolute atomic E-state index is 0.203. The fourth-order valence-corrected chi connectivity index (χ4v) is 3.13. The fourth-order valence-electron chi connectivity index (χ4n) is 3.13. The van der Waals surface area contributed by atoms with Crippen LogP contribution in [-0.4, -0.2) is 41.8 Å². The van der Waals surface area contributed by atoms with Crippen LogP contribution < -0.4 is 4.74 Å². The molecule has 1 atom stereocenters. The molecule has 3 rings (SSSR count). The Morgan fingerprint density at radius 1 is 1.41 bits per heavy atom. The molecular formula is C20H22FN3O3. The van der Waals surface area contributed by atoms with E-state index in [9.17, 15) is 9.18 Å². The first-order valence-corrected chi connectivity index (χ1v) is 8.63. The van der Waals surface area contributed by atoms with Gasteiger partial charge in [-0.2, -0.15) is 0 Å². The number of nitrogens with zero attached hydrogens (tertiary/aromatic N) is 3. The number of amides is 1. The van der Waals surface area contributed by atoms with Crippen LogP contribution in [0.1, 0.15) is 28.8 Å². The molecule has 0 spiro atoms. The summed E-state index contributed by atoms with van der Waals surface area (Å²) in [5, 5.41) is 3.96. The van der Waals surface area contributed by atoms with Crippen LogP contribution in [0.15, 0.2) is 35.6 Å². The highest BCUT2D eigenvalue weighted by atomic mass is 19.1. The first-order valence-electron chi connectivity index (χ1n) is 8.63. The summed E-state index contributed by atoms with van der Waals surface area (Å²) in [6, 6.07) is 6.09. The molecule has 0 N–H and O–H groups in total. The van der Waals surface area contributed by atoms with E-state index in [0.717, 1.165) is 22.6 Å². The van der Waals surface area contributed by atoms with E-state index in [1.807, 2.05) is 13.8 Å². The number of hydrogen-bond acceptors (Lipinski definition) is 5. The lowest BCUT2D eigenvalue weighted by molar-refractivity contribution is -0.141. The van der Waals surface area contributed by atoms with Crippen LogP contribution in [-0.2, 0) is 16.2 Å². The summed E-state index contributed by atoms with van der Waals surface area (Å²) in [5.41, 5.74) is 3.79. The normalized spacial score (nSPS) is 15.9. The topological polar surface area (TPSA) is 64.0 Å². The first-order chi connectivity index (χ1) is 12.9. The van der Waals surface area contributed by atoms with Gasteiger partial charge in [-0.25, -0.2) is 4.39 Å². The minimum atomic E-state index is -0.721. The Morgan fingerprint density at radius 2 is 2.19 bits per heavy atom. The van der Waals surface area contributed by atoms with Gasteiger partial charge in [0, 0.05) is 36.4 Å². The zero-order valence-electron chi connectivity index (χ0n) is 15.8. The molecule has 1 aromatic heterocycles. The van der Waals surface area contributed by atoms with Gasteiger partial charge in [0.1, 0.15) is 11.6 Å². The number of benzene rings is 1. The molecule has 0 saturated carbocycles. The number of halogens is 1.